The summed E-state index contributed by atoms with van der Waals surface area (Å²) in [5.41, 5.74) is 1.09. The van der Waals surface area contributed by atoms with Crippen LogP contribution in [0.25, 0.3) is 0 Å². The number of halogens is 1. The van der Waals surface area contributed by atoms with E-state index in [1.165, 1.54) is 6.07 Å². The topological polar surface area (TPSA) is 47.6 Å². The molecule has 2 rings (SSSR count). The zero-order valence-electron chi connectivity index (χ0n) is 11.9. The van der Waals surface area contributed by atoms with E-state index in [4.69, 9.17) is 9.47 Å². The average molecular weight is 289 g/mol. The van der Waals surface area contributed by atoms with Crippen molar-refractivity contribution in [2.24, 2.45) is 0 Å². The first-order valence-corrected chi connectivity index (χ1v) is 6.42. The maximum absolute atomic E-state index is 13.7. The van der Waals surface area contributed by atoms with Crippen molar-refractivity contribution < 1.29 is 18.7 Å². The van der Waals surface area contributed by atoms with Gasteiger partial charge in [-0.25, -0.2) is 4.39 Å². The third kappa shape index (κ3) is 3.95. The molecular formula is C16H16FNO3. The summed E-state index contributed by atoms with van der Waals surface area (Å²) in [6, 6.07) is 11.7. The van der Waals surface area contributed by atoms with E-state index in [0.29, 0.717) is 17.0 Å². The van der Waals surface area contributed by atoms with Crippen molar-refractivity contribution in [3.05, 3.63) is 53.8 Å². The molecule has 5 heteroatoms. The monoisotopic (exact) mass is 289 g/mol. The maximum atomic E-state index is 13.7. The maximum Gasteiger partial charge on any atom is 0.262 e. The molecule has 0 bridgehead atoms. The van der Waals surface area contributed by atoms with Crippen molar-refractivity contribution in [1.29, 1.82) is 0 Å². The SMILES string of the molecule is COc1ccc(NC(=O)COc2cccc(C)c2F)cc1. The largest absolute Gasteiger partial charge is 0.497 e. The van der Waals surface area contributed by atoms with E-state index in [1.54, 1.807) is 50.4 Å². The molecule has 2 aromatic carbocycles. The van der Waals surface area contributed by atoms with Gasteiger partial charge in [-0.3, -0.25) is 4.79 Å². The van der Waals surface area contributed by atoms with Crippen LogP contribution in [-0.4, -0.2) is 19.6 Å². The van der Waals surface area contributed by atoms with Crippen LogP contribution in [0.1, 0.15) is 5.56 Å². The second-order valence-corrected chi connectivity index (χ2v) is 4.45. The van der Waals surface area contributed by atoms with E-state index in [2.05, 4.69) is 5.32 Å². The van der Waals surface area contributed by atoms with E-state index in [9.17, 15) is 9.18 Å². The normalized spacial score (nSPS) is 10.0. The summed E-state index contributed by atoms with van der Waals surface area (Å²) in [4.78, 5) is 11.7. The van der Waals surface area contributed by atoms with Crippen molar-refractivity contribution in [2.75, 3.05) is 19.0 Å². The number of anilines is 1. The Morgan fingerprint density at radius 3 is 2.57 bits per heavy atom. The van der Waals surface area contributed by atoms with E-state index in [0.717, 1.165) is 0 Å². The molecule has 0 saturated carbocycles. The summed E-state index contributed by atoms with van der Waals surface area (Å²) < 4.78 is 23.9. The minimum Gasteiger partial charge on any atom is -0.497 e. The number of benzene rings is 2. The first-order valence-electron chi connectivity index (χ1n) is 6.42. The van der Waals surface area contributed by atoms with Gasteiger partial charge in [0.25, 0.3) is 5.91 Å². The third-order valence-corrected chi connectivity index (χ3v) is 2.89. The lowest BCUT2D eigenvalue weighted by Gasteiger charge is -2.09. The quantitative estimate of drug-likeness (QED) is 0.919. The molecule has 0 unspecified atom stereocenters. The number of aryl methyl sites for hydroxylation is 1. The number of hydrogen-bond donors (Lipinski definition) is 1. The molecule has 0 aliphatic carbocycles. The van der Waals surface area contributed by atoms with Gasteiger partial charge in [0.15, 0.2) is 18.2 Å². The number of amides is 1. The van der Waals surface area contributed by atoms with Crippen molar-refractivity contribution in [2.45, 2.75) is 6.92 Å². The van der Waals surface area contributed by atoms with Crippen molar-refractivity contribution in [3.8, 4) is 11.5 Å². The van der Waals surface area contributed by atoms with Gasteiger partial charge < -0.3 is 14.8 Å². The van der Waals surface area contributed by atoms with Crippen LogP contribution >= 0.6 is 0 Å². The molecule has 4 nitrogen and oxygen atoms in total. The van der Waals surface area contributed by atoms with Gasteiger partial charge in [-0.1, -0.05) is 12.1 Å². The summed E-state index contributed by atoms with van der Waals surface area (Å²) in [6.45, 7) is 1.38. The first-order chi connectivity index (χ1) is 10.1. The highest BCUT2D eigenvalue weighted by molar-refractivity contribution is 5.91. The second-order valence-electron chi connectivity index (χ2n) is 4.45. The fraction of sp³-hybridized carbons (Fsp3) is 0.188. The molecule has 0 saturated heterocycles. The number of ether oxygens (including phenoxy) is 2. The van der Waals surface area contributed by atoms with Gasteiger partial charge in [0, 0.05) is 5.69 Å². The number of carbonyl (C=O) groups excluding carboxylic acids is 1. The van der Waals surface area contributed by atoms with Crippen molar-refractivity contribution >= 4 is 11.6 Å². The molecule has 0 radical (unpaired) electrons. The molecule has 0 spiro atoms. The Morgan fingerprint density at radius 1 is 1.19 bits per heavy atom. The molecule has 0 aliphatic heterocycles. The zero-order valence-corrected chi connectivity index (χ0v) is 11.9. The number of carbonyl (C=O) groups is 1. The Bertz CT molecular complexity index is 626. The van der Waals surface area contributed by atoms with Crippen molar-refractivity contribution in [3.63, 3.8) is 0 Å². The fourth-order valence-corrected chi connectivity index (χ4v) is 1.75. The summed E-state index contributed by atoms with van der Waals surface area (Å²) >= 11 is 0. The molecule has 1 N–H and O–H groups in total. The van der Waals surface area contributed by atoms with Gasteiger partial charge in [0.1, 0.15) is 5.75 Å². The Balaban J connectivity index is 1.91. The van der Waals surface area contributed by atoms with Gasteiger partial charge in [-0.2, -0.15) is 0 Å². The zero-order chi connectivity index (χ0) is 15.2. The lowest BCUT2D eigenvalue weighted by molar-refractivity contribution is -0.118. The van der Waals surface area contributed by atoms with E-state index in [-0.39, 0.29) is 18.3 Å². The minimum atomic E-state index is -0.449. The summed E-state index contributed by atoms with van der Waals surface area (Å²) in [5.74, 6) is -0.0400. The highest BCUT2D eigenvalue weighted by Gasteiger charge is 2.09. The Hall–Kier alpha value is -2.56. The van der Waals surface area contributed by atoms with E-state index in [1.807, 2.05) is 0 Å². The van der Waals surface area contributed by atoms with Crippen LogP contribution in [0.2, 0.25) is 0 Å². The predicted molar refractivity (Wildman–Crippen MR) is 78.3 cm³/mol. The smallest absolute Gasteiger partial charge is 0.262 e. The Labute approximate surface area is 122 Å². The second kappa shape index (κ2) is 6.74. The number of nitrogens with one attached hydrogen (secondary N) is 1. The molecule has 110 valence electrons. The molecule has 1 amide bonds. The Morgan fingerprint density at radius 2 is 1.90 bits per heavy atom. The molecule has 0 atom stereocenters. The van der Waals surface area contributed by atoms with Gasteiger partial charge in [-0.05, 0) is 42.8 Å². The van der Waals surface area contributed by atoms with Crippen LogP contribution in [0.4, 0.5) is 10.1 Å². The lowest BCUT2D eigenvalue weighted by atomic mass is 10.2. The number of rotatable bonds is 5. The van der Waals surface area contributed by atoms with Gasteiger partial charge >= 0.3 is 0 Å². The fourth-order valence-electron chi connectivity index (χ4n) is 1.75. The van der Waals surface area contributed by atoms with Crippen LogP contribution < -0.4 is 14.8 Å². The van der Waals surface area contributed by atoms with E-state index < -0.39 is 5.82 Å². The van der Waals surface area contributed by atoms with Crippen LogP contribution in [0.15, 0.2) is 42.5 Å². The van der Waals surface area contributed by atoms with Crippen LogP contribution in [-0.2, 0) is 4.79 Å². The van der Waals surface area contributed by atoms with Crippen molar-refractivity contribution in [1.82, 2.24) is 0 Å². The Kier molecular flexibility index (Phi) is 4.77. The van der Waals surface area contributed by atoms with Gasteiger partial charge in [0.2, 0.25) is 0 Å². The summed E-state index contributed by atoms with van der Waals surface area (Å²) in [7, 11) is 1.57. The number of methoxy groups -OCH3 is 1. The van der Waals surface area contributed by atoms with E-state index >= 15 is 0 Å². The van der Waals surface area contributed by atoms with Gasteiger partial charge in [-0.15, -0.1) is 0 Å². The highest BCUT2D eigenvalue weighted by atomic mass is 19.1. The lowest BCUT2D eigenvalue weighted by Crippen LogP contribution is -2.20. The molecular weight excluding hydrogens is 273 g/mol. The molecule has 21 heavy (non-hydrogen) atoms. The van der Waals surface area contributed by atoms with Crippen LogP contribution in [0, 0.1) is 12.7 Å². The predicted octanol–water partition coefficient (Wildman–Crippen LogP) is 3.16. The molecule has 0 heterocycles. The third-order valence-electron chi connectivity index (χ3n) is 2.89. The number of hydrogen-bond acceptors (Lipinski definition) is 3. The molecule has 0 aliphatic rings. The highest BCUT2D eigenvalue weighted by Crippen LogP contribution is 2.19. The summed E-state index contributed by atoms with van der Waals surface area (Å²) in [6.07, 6.45) is 0. The molecule has 2 aromatic rings. The average Bonchev–Trinajstić information content (AvgIpc) is 2.49. The standard InChI is InChI=1S/C16H16FNO3/c1-11-4-3-5-14(16(11)17)21-10-15(19)18-12-6-8-13(20-2)9-7-12/h3-9H,10H2,1-2H3,(H,18,19). The first kappa shape index (κ1) is 14.8. The van der Waals surface area contributed by atoms with Crippen LogP contribution in [0.3, 0.4) is 0 Å². The summed E-state index contributed by atoms with van der Waals surface area (Å²) in [5, 5.41) is 2.66. The van der Waals surface area contributed by atoms with Gasteiger partial charge in [0.05, 0.1) is 7.11 Å². The molecule has 0 fully saturated rings. The molecule has 0 aromatic heterocycles. The van der Waals surface area contributed by atoms with Crippen LogP contribution in [0.5, 0.6) is 11.5 Å². The minimum absolute atomic E-state index is 0.0693.